The molecule has 1 aromatic carbocycles. The maximum Gasteiger partial charge on any atom is 0.303 e. The van der Waals surface area contributed by atoms with E-state index in [4.69, 9.17) is 22.0 Å². The van der Waals surface area contributed by atoms with E-state index < -0.39 is 22.0 Å². The first-order chi connectivity index (χ1) is 9.76. The van der Waals surface area contributed by atoms with Crippen LogP contribution in [-0.4, -0.2) is 25.5 Å². The molecule has 0 aromatic heterocycles. The second-order valence-corrected chi connectivity index (χ2v) is 6.65. The van der Waals surface area contributed by atoms with E-state index in [-0.39, 0.29) is 21.9 Å². The molecule has 0 aliphatic heterocycles. The summed E-state index contributed by atoms with van der Waals surface area (Å²) in [5.41, 5.74) is 0.193. The van der Waals surface area contributed by atoms with Gasteiger partial charge >= 0.3 is 5.97 Å². The van der Waals surface area contributed by atoms with Crippen molar-refractivity contribution in [2.75, 3.05) is 0 Å². The van der Waals surface area contributed by atoms with Gasteiger partial charge in [-0.1, -0.05) is 11.6 Å². The Morgan fingerprint density at radius 3 is 2.76 bits per heavy atom. The first kappa shape index (κ1) is 17.4. The second kappa shape index (κ2) is 7.41. The summed E-state index contributed by atoms with van der Waals surface area (Å²) in [6.45, 7) is 1.64. The van der Waals surface area contributed by atoms with Crippen molar-refractivity contribution in [3.8, 4) is 6.07 Å². The number of aliphatic carboxylic acids is 1. The van der Waals surface area contributed by atoms with E-state index in [9.17, 15) is 13.2 Å². The Bertz CT molecular complexity index is 667. The van der Waals surface area contributed by atoms with E-state index in [1.807, 2.05) is 6.07 Å². The van der Waals surface area contributed by atoms with Gasteiger partial charge in [-0.15, -0.1) is 0 Å². The highest BCUT2D eigenvalue weighted by Gasteiger charge is 2.21. The van der Waals surface area contributed by atoms with Crippen LogP contribution >= 0.6 is 11.6 Å². The van der Waals surface area contributed by atoms with Crippen molar-refractivity contribution in [1.29, 1.82) is 5.26 Å². The standard InChI is InChI=1S/C13H15ClN2O4S/c1-9(3-2-4-13(17)18)16-21(19,20)12-7-10(8-15)5-6-11(12)14/h5-7,9,16H,2-4H2,1H3,(H,17,18). The summed E-state index contributed by atoms with van der Waals surface area (Å²) in [6, 6.07) is 5.40. The summed E-state index contributed by atoms with van der Waals surface area (Å²) >= 11 is 5.86. The van der Waals surface area contributed by atoms with E-state index in [1.165, 1.54) is 18.2 Å². The molecule has 1 aromatic rings. The third kappa shape index (κ3) is 5.34. The SMILES string of the molecule is CC(CCCC(=O)O)NS(=O)(=O)c1cc(C#N)ccc1Cl. The van der Waals surface area contributed by atoms with E-state index in [1.54, 1.807) is 6.92 Å². The number of halogens is 1. The number of carboxylic acid groups (broad SMARTS) is 1. The summed E-state index contributed by atoms with van der Waals surface area (Å²) in [4.78, 5) is 10.3. The number of carbonyl (C=O) groups is 1. The van der Waals surface area contributed by atoms with Crippen LogP contribution in [0.5, 0.6) is 0 Å². The van der Waals surface area contributed by atoms with Crippen LogP contribution in [0.1, 0.15) is 31.7 Å². The number of carboxylic acids is 1. The lowest BCUT2D eigenvalue weighted by molar-refractivity contribution is -0.137. The molecule has 0 fully saturated rings. The maximum atomic E-state index is 12.2. The van der Waals surface area contributed by atoms with Crippen molar-refractivity contribution in [3.05, 3.63) is 28.8 Å². The van der Waals surface area contributed by atoms with Crippen LogP contribution in [0, 0.1) is 11.3 Å². The molecule has 114 valence electrons. The maximum absolute atomic E-state index is 12.2. The van der Waals surface area contributed by atoms with Crippen molar-refractivity contribution >= 4 is 27.6 Å². The fourth-order valence-electron chi connectivity index (χ4n) is 1.73. The van der Waals surface area contributed by atoms with Gasteiger partial charge in [-0.25, -0.2) is 13.1 Å². The molecule has 1 rings (SSSR count). The molecular formula is C13H15ClN2O4S. The molecule has 0 bridgehead atoms. The number of nitriles is 1. The van der Waals surface area contributed by atoms with Gasteiger partial charge in [-0.05, 0) is 38.0 Å². The fraction of sp³-hybridized carbons (Fsp3) is 0.385. The van der Waals surface area contributed by atoms with Crippen LogP contribution in [0.3, 0.4) is 0 Å². The van der Waals surface area contributed by atoms with Gasteiger partial charge in [0.1, 0.15) is 4.90 Å². The number of hydrogen-bond acceptors (Lipinski definition) is 4. The molecule has 0 heterocycles. The van der Waals surface area contributed by atoms with Crippen LogP contribution in [0.25, 0.3) is 0 Å². The van der Waals surface area contributed by atoms with Crippen LogP contribution in [0.2, 0.25) is 5.02 Å². The molecule has 8 heteroatoms. The lowest BCUT2D eigenvalue weighted by atomic mass is 10.1. The number of benzene rings is 1. The van der Waals surface area contributed by atoms with Crippen LogP contribution in [0.4, 0.5) is 0 Å². The zero-order valence-corrected chi connectivity index (χ0v) is 12.9. The van der Waals surface area contributed by atoms with Gasteiger partial charge in [0.05, 0.1) is 16.7 Å². The van der Waals surface area contributed by atoms with Gasteiger partial charge in [0.25, 0.3) is 0 Å². The zero-order valence-electron chi connectivity index (χ0n) is 11.3. The Hall–Kier alpha value is -1.62. The zero-order chi connectivity index (χ0) is 16.0. The summed E-state index contributed by atoms with van der Waals surface area (Å²) < 4.78 is 26.8. The molecule has 0 aliphatic carbocycles. The Balaban J connectivity index is 2.82. The van der Waals surface area contributed by atoms with Crippen molar-refractivity contribution in [2.24, 2.45) is 0 Å². The largest absolute Gasteiger partial charge is 0.481 e. The molecule has 0 spiro atoms. The van der Waals surface area contributed by atoms with Gasteiger partial charge in [0.2, 0.25) is 10.0 Å². The van der Waals surface area contributed by atoms with Crippen molar-refractivity contribution in [3.63, 3.8) is 0 Å². The van der Waals surface area contributed by atoms with Gasteiger partial charge < -0.3 is 5.11 Å². The molecule has 1 unspecified atom stereocenters. The number of nitrogens with one attached hydrogen (secondary N) is 1. The Morgan fingerprint density at radius 1 is 1.52 bits per heavy atom. The molecule has 0 saturated carbocycles. The summed E-state index contributed by atoms with van der Waals surface area (Å²) in [5, 5.41) is 17.4. The van der Waals surface area contributed by atoms with E-state index in [2.05, 4.69) is 4.72 Å². The molecule has 0 radical (unpaired) electrons. The Morgan fingerprint density at radius 2 is 2.19 bits per heavy atom. The van der Waals surface area contributed by atoms with Gasteiger partial charge in [-0.2, -0.15) is 5.26 Å². The average molecular weight is 331 g/mol. The molecule has 0 saturated heterocycles. The second-order valence-electron chi connectivity index (χ2n) is 4.57. The molecular weight excluding hydrogens is 316 g/mol. The van der Waals surface area contributed by atoms with Gasteiger partial charge in [0.15, 0.2) is 0 Å². The van der Waals surface area contributed by atoms with Crippen LogP contribution < -0.4 is 4.72 Å². The minimum Gasteiger partial charge on any atom is -0.481 e. The topological polar surface area (TPSA) is 107 Å². The summed E-state index contributed by atoms with van der Waals surface area (Å²) in [7, 11) is -3.85. The van der Waals surface area contributed by atoms with Crippen molar-refractivity contribution in [1.82, 2.24) is 4.72 Å². The fourth-order valence-corrected chi connectivity index (χ4v) is 3.53. The van der Waals surface area contributed by atoms with Crippen LogP contribution in [0.15, 0.2) is 23.1 Å². The van der Waals surface area contributed by atoms with Gasteiger partial charge in [0, 0.05) is 12.5 Å². The van der Waals surface area contributed by atoms with E-state index in [0.29, 0.717) is 12.8 Å². The molecule has 6 nitrogen and oxygen atoms in total. The minimum absolute atomic E-state index is 0.0171. The monoisotopic (exact) mass is 330 g/mol. The summed E-state index contributed by atoms with van der Waals surface area (Å²) in [5.74, 6) is -0.921. The Labute approximate surface area is 128 Å². The predicted molar refractivity (Wildman–Crippen MR) is 77.4 cm³/mol. The smallest absolute Gasteiger partial charge is 0.303 e. The first-order valence-electron chi connectivity index (χ1n) is 6.20. The molecule has 0 aliphatic rings. The molecule has 21 heavy (non-hydrogen) atoms. The normalized spacial score (nSPS) is 12.6. The number of sulfonamides is 1. The third-order valence-electron chi connectivity index (χ3n) is 2.73. The first-order valence-corrected chi connectivity index (χ1v) is 8.06. The lowest BCUT2D eigenvalue weighted by Gasteiger charge is -2.14. The quantitative estimate of drug-likeness (QED) is 0.796. The number of hydrogen-bond donors (Lipinski definition) is 2. The van der Waals surface area contributed by atoms with Crippen molar-refractivity contribution < 1.29 is 18.3 Å². The average Bonchev–Trinajstić information content (AvgIpc) is 2.38. The highest BCUT2D eigenvalue weighted by molar-refractivity contribution is 7.89. The number of rotatable bonds is 7. The van der Waals surface area contributed by atoms with E-state index in [0.717, 1.165) is 0 Å². The number of nitrogens with zero attached hydrogens (tertiary/aromatic N) is 1. The van der Waals surface area contributed by atoms with Gasteiger partial charge in [-0.3, -0.25) is 4.79 Å². The predicted octanol–water partition coefficient (Wildman–Crippen LogP) is 2.13. The molecule has 0 amide bonds. The van der Waals surface area contributed by atoms with Crippen molar-refractivity contribution in [2.45, 2.75) is 37.1 Å². The third-order valence-corrected chi connectivity index (χ3v) is 4.81. The highest BCUT2D eigenvalue weighted by atomic mass is 35.5. The molecule has 1 atom stereocenters. The molecule has 2 N–H and O–H groups in total. The van der Waals surface area contributed by atoms with E-state index >= 15 is 0 Å². The highest BCUT2D eigenvalue weighted by Crippen LogP contribution is 2.22. The van der Waals surface area contributed by atoms with Crippen LogP contribution in [-0.2, 0) is 14.8 Å². The Kier molecular flexibility index (Phi) is 6.15. The lowest BCUT2D eigenvalue weighted by Crippen LogP contribution is -2.32. The summed E-state index contributed by atoms with van der Waals surface area (Å²) in [6.07, 6.45) is 0.739. The minimum atomic E-state index is -3.85.